The molecule has 8 heteroatoms. The van der Waals surface area contributed by atoms with Crippen LogP contribution in [0, 0.1) is 0 Å². The molecule has 0 unspecified atom stereocenters. The number of pyridine rings is 1. The zero-order valence-electron chi connectivity index (χ0n) is 18.1. The maximum atomic E-state index is 13.6. The molecule has 2 aromatic heterocycles. The van der Waals surface area contributed by atoms with E-state index in [1.807, 2.05) is 42.5 Å². The van der Waals surface area contributed by atoms with E-state index in [-0.39, 0.29) is 35.9 Å². The standard InChI is InChI=1S/C25H21BrN2O4S/c1-3-20(29)22-21(15-8-6-5-7-9-15)19-12-16(26)10-11-18(19)24(30)28(22)13-17-14-33-23(27-17)25(31)32-4-2/h5-12,14H,3-4,13H2,1-2H3. The first-order valence-corrected chi connectivity index (χ1v) is 12.2. The molecule has 0 amide bonds. The fraction of sp³-hybridized carbons (Fsp3) is 0.200. The molecule has 168 valence electrons. The highest BCUT2D eigenvalue weighted by Gasteiger charge is 2.23. The molecule has 0 aliphatic heterocycles. The summed E-state index contributed by atoms with van der Waals surface area (Å²) in [5.41, 5.74) is 2.13. The molecule has 0 aliphatic carbocycles. The number of ketones is 1. The number of hydrogen-bond donors (Lipinski definition) is 0. The number of aromatic nitrogens is 2. The highest BCUT2D eigenvalue weighted by molar-refractivity contribution is 9.10. The largest absolute Gasteiger partial charge is 0.461 e. The van der Waals surface area contributed by atoms with Crippen molar-refractivity contribution in [2.45, 2.75) is 26.8 Å². The van der Waals surface area contributed by atoms with Crippen molar-refractivity contribution >= 4 is 49.8 Å². The first kappa shape index (κ1) is 23.1. The van der Waals surface area contributed by atoms with Crippen LogP contribution in [0.4, 0.5) is 0 Å². The lowest BCUT2D eigenvalue weighted by molar-refractivity contribution is 0.0525. The molecule has 0 saturated carbocycles. The van der Waals surface area contributed by atoms with E-state index in [1.165, 1.54) is 4.57 Å². The van der Waals surface area contributed by atoms with E-state index < -0.39 is 5.97 Å². The molecule has 0 radical (unpaired) electrons. The number of Topliss-reactive ketones (excluding diaryl/α,β-unsaturated/α-hetero) is 1. The third-order valence-electron chi connectivity index (χ3n) is 5.20. The second-order valence-electron chi connectivity index (χ2n) is 7.31. The first-order chi connectivity index (χ1) is 15.9. The number of rotatable bonds is 7. The van der Waals surface area contributed by atoms with Gasteiger partial charge in [-0.3, -0.25) is 14.2 Å². The van der Waals surface area contributed by atoms with Crippen molar-refractivity contribution in [2.24, 2.45) is 0 Å². The number of fused-ring (bicyclic) bond motifs is 1. The Morgan fingerprint density at radius 2 is 1.85 bits per heavy atom. The number of thiazole rings is 1. The third-order valence-corrected chi connectivity index (χ3v) is 6.57. The number of nitrogens with zero attached hydrogens (tertiary/aromatic N) is 2. The Kier molecular flexibility index (Phi) is 6.85. The Labute approximate surface area is 203 Å². The highest BCUT2D eigenvalue weighted by Crippen LogP contribution is 2.33. The van der Waals surface area contributed by atoms with Crippen molar-refractivity contribution in [1.82, 2.24) is 9.55 Å². The Balaban J connectivity index is 1.99. The molecule has 0 bridgehead atoms. The SMILES string of the molecule is CCOC(=O)c1nc(Cn2c(C(=O)CC)c(-c3ccccc3)c3cc(Br)ccc3c2=O)cs1. The lowest BCUT2D eigenvalue weighted by Crippen LogP contribution is -2.28. The number of benzene rings is 2. The summed E-state index contributed by atoms with van der Waals surface area (Å²) in [7, 11) is 0. The van der Waals surface area contributed by atoms with E-state index in [0.717, 1.165) is 21.4 Å². The Bertz CT molecular complexity index is 1410. The van der Waals surface area contributed by atoms with Crippen LogP contribution in [0.3, 0.4) is 0 Å². The summed E-state index contributed by atoms with van der Waals surface area (Å²) in [5.74, 6) is -0.645. The van der Waals surface area contributed by atoms with Crippen LogP contribution in [0.25, 0.3) is 21.9 Å². The van der Waals surface area contributed by atoms with Crippen molar-refractivity contribution in [3.05, 3.63) is 85.1 Å². The van der Waals surface area contributed by atoms with Gasteiger partial charge in [0.2, 0.25) is 5.01 Å². The van der Waals surface area contributed by atoms with Gasteiger partial charge in [-0.25, -0.2) is 9.78 Å². The van der Waals surface area contributed by atoms with Gasteiger partial charge in [-0.1, -0.05) is 53.2 Å². The monoisotopic (exact) mass is 524 g/mol. The van der Waals surface area contributed by atoms with Crippen LogP contribution in [0.1, 0.15) is 46.3 Å². The third kappa shape index (κ3) is 4.54. The molecule has 0 saturated heterocycles. The minimum Gasteiger partial charge on any atom is -0.461 e. The second-order valence-corrected chi connectivity index (χ2v) is 9.09. The maximum absolute atomic E-state index is 13.6. The van der Waals surface area contributed by atoms with E-state index in [4.69, 9.17) is 4.74 Å². The predicted molar refractivity (Wildman–Crippen MR) is 133 cm³/mol. The zero-order chi connectivity index (χ0) is 23.5. The average Bonchev–Trinajstić information content (AvgIpc) is 3.29. The molecule has 0 N–H and O–H groups in total. The molecular formula is C25H21BrN2O4S. The van der Waals surface area contributed by atoms with Gasteiger partial charge in [0.1, 0.15) is 0 Å². The summed E-state index contributed by atoms with van der Waals surface area (Å²) >= 11 is 4.65. The van der Waals surface area contributed by atoms with Gasteiger partial charge in [0.25, 0.3) is 5.56 Å². The highest BCUT2D eigenvalue weighted by atomic mass is 79.9. The molecular weight excluding hydrogens is 504 g/mol. The molecule has 33 heavy (non-hydrogen) atoms. The van der Waals surface area contributed by atoms with Gasteiger partial charge in [-0.05, 0) is 36.1 Å². The van der Waals surface area contributed by atoms with E-state index in [2.05, 4.69) is 20.9 Å². The number of ether oxygens (including phenoxy) is 1. The van der Waals surface area contributed by atoms with Crippen LogP contribution in [0.2, 0.25) is 0 Å². The number of carbonyl (C=O) groups is 2. The van der Waals surface area contributed by atoms with Crippen molar-refractivity contribution in [2.75, 3.05) is 6.61 Å². The Hall–Kier alpha value is -3.10. The molecule has 4 rings (SSSR count). The number of halogens is 1. The van der Waals surface area contributed by atoms with Gasteiger partial charge in [0.15, 0.2) is 5.78 Å². The van der Waals surface area contributed by atoms with Crippen LogP contribution in [-0.4, -0.2) is 27.9 Å². The van der Waals surface area contributed by atoms with Crippen LogP contribution >= 0.6 is 27.3 Å². The van der Waals surface area contributed by atoms with Crippen LogP contribution in [0.5, 0.6) is 0 Å². The van der Waals surface area contributed by atoms with Crippen LogP contribution < -0.4 is 5.56 Å². The van der Waals surface area contributed by atoms with Crippen LogP contribution in [-0.2, 0) is 11.3 Å². The smallest absolute Gasteiger partial charge is 0.367 e. The van der Waals surface area contributed by atoms with Crippen molar-refractivity contribution in [3.8, 4) is 11.1 Å². The summed E-state index contributed by atoms with van der Waals surface area (Å²) in [6.07, 6.45) is 0.240. The fourth-order valence-electron chi connectivity index (χ4n) is 3.75. The van der Waals surface area contributed by atoms with Crippen molar-refractivity contribution < 1.29 is 14.3 Å². The van der Waals surface area contributed by atoms with Gasteiger partial charge in [-0.2, -0.15) is 0 Å². The molecule has 0 aliphatic rings. The molecule has 0 atom stereocenters. The summed E-state index contributed by atoms with van der Waals surface area (Å²) in [6.45, 7) is 3.83. The van der Waals surface area contributed by atoms with Gasteiger partial charge < -0.3 is 4.74 Å². The number of carbonyl (C=O) groups excluding carboxylic acids is 2. The topological polar surface area (TPSA) is 78.3 Å². The van der Waals surface area contributed by atoms with Gasteiger partial charge in [0.05, 0.1) is 24.5 Å². The predicted octanol–water partition coefficient (Wildman–Crippen LogP) is 5.71. The molecule has 0 spiro atoms. The maximum Gasteiger partial charge on any atom is 0.367 e. The minimum absolute atomic E-state index is 0.0711. The van der Waals surface area contributed by atoms with Gasteiger partial charge in [-0.15, -0.1) is 11.3 Å². The first-order valence-electron chi connectivity index (χ1n) is 10.5. The Morgan fingerprint density at radius 1 is 1.09 bits per heavy atom. The number of hydrogen-bond acceptors (Lipinski definition) is 6. The number of esters is 1. The summed E-state index contributed by atoms with van der Waals surface area (Å²) in [5, 5.41) is 3.15. The molecule has 2 aromatic carbocycles. The van der Waals surface area contributed by atoms with E-state index in [1.54, 1.807) is 25.3 Å². The van der Waals surface area contributed by atoms with E-state index in [9.17, 15) is 14.4 Å². The molecule has 2 heterocycles. The van der Waals surface area contributed by atoms with E-state index >= 15 is 0 Å². The van der Waals surface area contributed by atoms with Crippen LogP contribution in [0.15, 0.2) is 63.2 Å². The molecule has 4 aromatic rings. The zero-order valence-corrected chi connectivity index (χ0v) is 20.5. The second kappa shape index (κ2) is 9.80. The van der Waals surface area contributed by atoms with Crippen molar-refractivity contribution in [1.29, 1.82) is 0 Å². The summed E-state index contributed by atoms with van der Waals surface area (Å²) < 4.78 is 7.32. The quantitative estimate of drug-likeness (QED) is 0.228. The van der Waals surface area contributed by atoms with E-state index in [0.29, 0.717) is 27.7 Å². The summed E-state index contributed by atoms with van der Waals surface area (Å²) in [6, 6.07) is 15.0. The lowest BCUT2D eigenvalue weighted by atomic mass is 9.94. The normalized spacial score (nSPS) is 11.0. The van der Waals surface area contributed by atoms with Crippen molar-refractivity contribution in [3.63, 3.8) is 0 Å². The average molecular weight is 525 g/mol. The fourth-order valence-corrected chi connectivity index (χ4v) is 4.81. The van der Waals surface area contributed by atoms with Gasteiger partial charge in [0, 0.05) is 27.2 Å². The molecule has 0 fully saturated rings. The molecule has 6 nitrogen and oxygen atoms in total. The summed E-state index contributed by atoms with van der Waals surface area (Å²) in [4.78, 5) is 43.2. The lowest BCUT2D eigenvalue weighted by Gasteiger charge is -2.19. The minimum atomic E-state index is -0.501. The Morgan fingerprint density at radius 3 is 2.55 bits per heavy atom. The van der Waals surface area contributed by atoms with Gasteiger partial charge >= 0.3 is 5.97 Å².